The molecule has 0 amide bonds. The third kappa shape index (κ3) is 2.03. The van der Waals surface area contributed by atoms with E-state index in [0.29, 0.717) is 6.42 Å². The van der Waals surface area contributed by atoms with Crippen LogP contribution < -0.4 is 0 Å². The molecule has 5 aliphatic rings. The minimum atomic E-state index is -0.835. The Morgan fingerprint density at radius 1 is 1.06 bits per heavy atom. The van der Waals surface area contributed by atoms with E-state index < -0.39 is 46.3 Å². The predicted octanol–water partition coefficient (Wildman–Crippen LogP) is 3.78. The smallest absolute Gasteiger partial charge is 0.339 e. The Morgan fingerprint density at radius 3 is 2.50 bits per heavy atom. The average molecular weight is 443 g/mol. The zero-order valence-corrected chi connectivity index (χ0v) is 19.5. The molecule has 2 aliphatic heterocycles. The minimum Gasteiger partial charge on any atom is -0.472 e. The van der Waals surface area contributed by atoms with E-state index in [9.17, 15) is 15.0 Å². The highest BCUT2D eigenvalue weighted by Crippen LogP contribution is 2.79. The number of cyclic esters (lactones) is 1. The summed E-state index contributed by atoms with van der Waals surface area (Å²) >= 11 is 0. The van der Waals surface area contributed by atoms with Gasteiger partial charge in [-0.2, -0.15) is 0 Å². The van der Waals surface area contributed by atoms with Gasteiger partial charge in [-0.1, -0.05) is 46.8 Å². The van der Waals surface area contributed by atoms with Crippen LogP contribution >= 0.6 is 0 Å². The van der Waals surface area contributed by atoms with Gasteiger partial charge in [0.25, 0.3) is 0 Å². The Morgan fingerprint density at radius 2 is 1.81 bits per heavy atom. The number of hydrogen-bond acceptors (Lipinski definition) is 6. The van der Waals surface area contributed by atoms with Crippen molar-refractivity contribution >= 4 is 5.97 Å². The van der Waals surface area contributed by atoms with Crippen molar-refractivity contribution in [2.45, 2.75) is 83.9 Å². The fourth-order valence-electron chi connectivity index (χ4n) is 9.09. The summed E-state index contributed by atoms with van der Waals surface area (Å²) in [7, 11) is 0. The number of aliphatic hydroxyl groups is 2. The van der Waals surface area contributed by atoms with Gasteiger partial charge in [0.2, 0.25) is 0 Å². The molecule has 1 aromatic heterocycles. The molecule has 174 valence electrons. The van der Waals surface area contributed by atoms with Gasteiger partial charge in [-0.15, -0.1) is 0 Å². The molecule has 2 unspecified atom stereocenters. The summed E-state index contributed by atoms with van der Waals surface area (Å²) in [4.78, 5) is 13.1. The summed E-state index contributed by atoms with van der Waals surface area (Å²) < 4.78 is 17.7. The molecule has 1 aromatic rings. The second kappa shape index (κ2) is 5.89. The van der Waals surface area contributed by atoms with Crippen molar-refractivity contribution in [3.8, 4) is 0 Å². The van der Waals surface area contributed by atoms with Crippen molar-refractivity contribution in [2.24, 2.45) is 33.5 Å². The molecule has 4 fully saturated rings. The van der Waals surface area contributed by atoms with E-state index in [2.05, 4.69) is 40.7 Å². The van der Waals surface area contributed by atoms with Crippen LogP contribution in [0, 0.1) is 33.5 Å². The van der Waals surface area contributed by atoms with Crippen LogP contribution in [0.2, 0.25) is 0 Å². The van der Waals surface area contributed by atoms with E-state index in [1.165, 1.54) is 0 Å². The molecule has 2 saturated carbocycles. The normalized spacial score (nSPS) is 55.2. The highest BCUT2D eigenvalue weighted by Gasteiger charge is 2.88. The van der Waals surface area contributed by atoms with Crippen LogP contribution in [0.15, 0.2) is 35.2 Å². The van der Waals surface area contributed by atoms with Gasteiger partial charge in [0, 0.05) is 21.8 Å². The highest BCUT2D eigenvalue weighted by molar-refractivity contribution is 5.82. The number of allylic oxidation sites excluding steroid dienone is 1. The van der Waals surface area contributed by atoms with Crippen molar-refractivity contribution in [2.75, 3.05) is 0 Å². The van der Waals surface area contributed by atoms with E-state index in [4.69, 9.17) is 13.9 Å². The Balaban J connectivity index is 1.53. The average Bonchev–Trinajstić information content (AvgIpc) is 3.30. The zero-order valence-electron chi connectivity index (χ0n) is 19.5. The Hall–Kier alpha value is -1.63. The van der Waals surface area contributed by atoms with Crippen LogP contribution in [-0.2, 0) is 14.3 Å². The molecule has 0 radical (unpaired) electrons. The van der Waals surface area contributed by atoms with E-state index in [1.54, 1.807) is 12.5 Å². The summed E-state index contributed by atoms with van der Waals surface area (Å²) in [5, 5.41) is 23.2. The first-order valence-electron chi connectivity index (χ1n) is 11.9. The number of aliphatic hydroxyl groups excluding tert-OH is 2. The van der Waals surface area contributed by atoms with Crippen LogP contribution in [0.1, 0.15) is 65.5 Å². The SMILES string of the molecule is CC1(C)C=C[C@H](O)[C@@]2(C)C1C[C@@H](O)[C@]1(C)C2CC[C@@]2(C)[C@H](c3ccoc3)OC(=O)[C@H]3O[C@]321. The van der Waals surface area contributed by atoms with Crippen molar-refractivity contribution in [1.29, 1.82) is 0 Å². The van der Waals surface area contributed by atoms with Crippen molar-refractivity contribution in [3.05, 3.63) is 36.3 Å². The van der Waals surface area contributed by atoms with Gasteiger partial charge >= 0.3 is 5.97 Å². The molecular weight excluding hydrogens is 408 g/mol. The van der Waals surface area contributed by atoms with E-state index in [0.717, 1.165) is 18.4 Å². The third-order valence-electron chi connectivity index (χ3n) is 10.7. The first kappa shape index (κ1) is 20.9. The highest BCUT2D eigenvalue weighted by atomic mass is 16.7. The first-order valence-corrected chi connectivity index (χ1v) is 11.9. The van der Waals surface area contributed by atoms with Crippen LogP contribution in [-0.4, -0.2) is 40.1 Å². The summed E-state index contributed by atoms with van der Waals surface area (Å²) in [6.45, 7) is 10.8. The van der Waals surface area contributed by atoms with Gasteiger partial charge in [-0.25, -0.2) is 4.79 Å². The van der Waals surface area contributed by atoms with E-state index in [1.807, 2.05) is 12.1 Å². The fraction of sp³-hybridized carbons (Fsp3) is 0.731. The third-order valence-corrected chi connectivity index (χ3v) is 10.7. The molecule has 2 N–H and O–H groups in total. The molecule has 3 aliphatic carbocycles. The molecule has 6 nitrogen and oxygen atoms in total. The topological polar surface area (TPSA) is 92.4 Å². The molecule has 0 bridgehead atoms. The maximum Gasteiger partial charge on any atom is 0.339 e. The maximum absolute atomic E-state index is 13.1. The van der Waals surface area contributed by atoms with Gasteiger partial charge < -0.3 is 24.1 Å². The Labute approximate surface area is 189 Å². The molecule has 10 atom stereocenters. The minimum absolute atomic E-state index is 0.00282. The molecule has 6 rings (SSSR count). The number of ether oxygens (including phenoxy) is 2. The van der Waals surface area contributed by atoms with Gasteiger partial charge in [-0.3, -0.25) is 0 Å². The monoisotopic (exact) mass is 442 g/mol. The number of carbonyl (C=O) groups excluding carboxylic acids is 1. The number of carbonyl (C=O) groups is 1. The lowest BCUT2D eigenvalue weighted by Gasteiger charge is -2.69. The number of fused-ring (bicyclic) bond motifs is 3. The second-order valence-corrected chi connectivity index (χ2v) is 12.2. The zero-order chi connectivity index (χ0) is 22.9. The van der Waals surface area contributed by atoms with Gasteiger partial charge in [-0.05, 0) is 42.6 Å². The molecule has 6 heteroatoms. The second-order valence-electron chi connectivity index (χ2n) is 12.2. The maximum atomic E-state index is 13.1. The van der Waals surface area contributed by atoms with Crippen molar-refractivity contribution in [1.82, 2.24) is 0 Å². The predicted molar refractivity (Wildman–Crippen MR) is 115 cm³/mol. The largest absolute Gasteiger partial charge is 0.472 e. The number of hydrogen-bond donors (Lipinski definition) is 2. The number of esters is 1. The lowest BCUT2D eigenvalue weighted by atomic mass is 9.35. The van der Waals surface area contributed by atoms with Crippen molar-refractivity contribution < 1.29 is 28.9 Å². The van der Waals surface area contributed by atoms with Crippen LogP contribution in [0.4, 0.5) is 0 Å². The number of furan rings is 1. The Kier molecular flexibility index (Phi) is 3.85. The first-order chi connectivity index (χ1) is 14.9. The van der Waals surface area contributed by atoms with E-state index in [-0.39, 0.29) is 23.2 Å². The summed E-state index contributed by atoms with van der Waals surface area (Å²) in [6.07, 6.45) is 7.03. The summed E-state index contributed by atoms with van der Waals surface area (Å²) in [6, 6.07) is 1.85. The van der Waals surface area contributed by atoms with E-state index >= 15 is 0 Å². The number of rotatable bonds is 1. The molecule has 3 heterocycles. The van der Waals surface area contributed by atoms with Gasteiger partial charge in [0.1, 0.15) is 11.7 Å². The summed E-state index contributed by atoms with van der Waals surface area (Å²) in [5.74, 6) is -0.238. The van der Waals surface area contributed by atoms with Crippen LogP contribution in [0.5, 0.6) is 0 Å². The number of epoxide rings is 1. The Bertz CT molecular complexity index is 998. The molecular formula is C26H34O6. The van der Waals surface area contributed by atoms with Gasteiger partial charge in [0.05, 0.1) is 24.7 Å². The molecule has 0 aromatic carbocycles. The standard InChI is InChI=1S/C26H34O6/c1-22(2)9-7-17(27)24(4)15-6-10-23(3)19(14-8-11-30-13-14)31-21(29)20-26(23,32-20)25(15,5)18(28)12-16(22)24/h7-9,11,13,15-20,27-28H,6,10,12H2,1-5H3/t15?,16?,17-,18+,19-,20+,23-,24+,25-,26+/m0/s1. The quantitative estimate of drug-likeness (QED) is 0.391. The fourth-order valence-corrected chi connectivity index (χ4v) is 9.09. The molecule has 32 heavy (non-hydrogen) atoms. The van der Waals surface area contributed by atoms with Crippen LogP contribution in [0.3, 0.4) is 0 Å². The summed E-state index contributed by atoms with van der Waals surface area (Å²) in [5.41, 5.74) is -1.77. The lowest BCUT2D eigenvalue weighted by molar-refractivity contribution is -0.267. The van der Waals surface area contributed by atoms with Crippen molar-refractivity contribution in [3.63, 3.8) is 0 Å². The van der Waals surface area contributed by atoms with Gasteiger partial charge in [0.15, 0.2) is 6.10 Å². The lowest BCUT2D eigenvalue weighted by Crippen LogP contribution is -2.73. The molecule has 1 spiro atoms. The van der Waals surface area contributed by atoms with Crippen LogP contribution in [0.25, 0.3) is 0 Å². The molecule has 2 saturated heterocycles.